The first-order valence-corrected chi connectivity index (χ1v) is 12.6. The molecule has 0 saturated carbocycles. The SMILES string of the molecule is COc1cc(/C=N/NC(=O)CSc2nnc(SCc3ccc(Cl)cc3)s2)cc(OC)c1OC. The highest BCUT2D eigenvalue weighted by Crippen LogP contribution is 2.37. The minimum absolute atomic E-state index is 0.170. The average molecular weight is 525 g/mol. The Hall–Kier alpha value is -2.47. The highest BCUT2D eigenvalue weighted by molar-refractivity contribution is 8.03. The molecular weight excluding hydrogens is 504 g/mol. The van der Waals surface area contributed by atoms with Gasteiger partial charge >= 0.3 is 0 Å². The molecule has 1 heterocycles. The van der Waals surface area contributed by atoms with Gasteiger partial charge in [0.15, 0.2) is 20.2 Å². The van der Waals surface area contributed by atoms with Crippen LogP contribution in [-0.4, -0.2) is 49.4 Å². The Morgan fingerprint density at radius 2 is 1.70 bits per heavy atom. The molecule has 0 aliphatic heterocycles. The summed E-state index contributed by atoms with van der Waals surface area (Å²) < 4.78 is 17.5. The summed E-state index contributed by atoms with van der Waals surface area (Å²) in [6.45, 7) is 0. The zero-order chi connectivity index (χ0) is 23.6. The molecule has 0 radical (unpaired) electrons. The van der Waals surface area contributed by atoms with Crippen molar-refractivity contribution >= 4 is 58.6 Å². The van der Waals surface area contributed by atoms with Gasteiger partial charge in [0.25, 0.3) is 5.91 Å². The fourth-order valence-corrected chi connectivity index (χ4v) is 5.45. The van der Waals surface area contributed by atoms with E-state index in [1.165, 1.54) is 50.6 Å². The second-order valence-electron chi connectivity index (χ2n) is 6.29. The van der Waals surface area contributed by atoms with Gasteiger partial charge in [-0.25, -0.2) is 5.43 Å². The number of carbonyl (C=O) groups excluding carboxylic acids is 1. The molecule has 1 N–H and O–H groups in total. The number of hydrazone groups is 1. The third-order valence-electron chi connectivity index (χ3n) is 4.08. The average Bonchev–Trinajstić information content (AvgIpc) is 3.29. The zero-order valence-electron chi connectivity index (χ0n) is 18.0. The normalized spacial score (nSPS) is 10.9. The lowest BCUT2D eigenvalue weighted by Gasteiger charge is -2.12. The summed E-state index contributed by atoms with van der Waals surface area (Å²) in [6.07, 6.45) is 1.50. The van der Waals surface area contributed by atoms with Gasteiger partial charge in [-0.3, -0.25) is 4.79 Å². The fraction of sp³-hybridized carbons (Fsp3) is 0.238. The van der Waals surface area contributed by atoms with Gasteiger partial charge in [-0.1, -0.05) is 58.6 Å². The summed E-state index contributed by atoms with van der Waals surface area (Å²) in [5, 5.41) is 13.0. The summed E-state index contributed by atoms with van der Waals surface area (Å²) in [7, 11) is 4.60. The molecule has 3 rings (SSSR count). The van der Waals surface area contributed by atoms with Crippen molar-refractivity contribution in [3.63, 3.8) is 0 Å². The van der Waals surface area contributed by atoms with E-state index < -0.39 is 0 Å². The molecule has 0 unspecified atom stereocenters. The largest absolute Gasteiger partial charge is 0.493 e. The molecule has 1 aromatic heterocycles. The fourth-order valence-electron chi connectivity index (χ4n) is 2.55. The minimum Gasteiger partial charge on any atom is -0.493 e. The van der Waals surface area contributed by atoms with Crippen molar-refractivity contribution in [1.82, 2.24) is 15.6 Å². The van der Waals surface area contributed by atoms with Crippen molar-refractivity contribution in [2.75, 3.05) is 27.1 Å². The van der Waals surface area contributed by atoms with Gasteiger partial charge in [-0.05, 0) is 29.8 Å². The van der Waals surface area contributed by atoms with Crippen LogP contribution in [0, 0.1) is 0 Å². The van der Waals surface area contributed by atoms with Crippen LogP contribution in [0.25, 0.3) is 0 Å². The topological polar surface area (TPSA) is 94.9 Å². The molecule has 2 aromatic carbocycles. The van der Waals surface area contributed by atoms with E-state index in [1.54, 1.807) is 23.9 Å². The van der Waals surface area contributed by atoms with E-state index in [1.807, 2.05) is 24.3 Å². The maximum Gasteiger partial charge on any atom is 0.250 e. The third kappa shape index (κ3) is 7.53. The molecule has 0 bridgehead atoms. The predicted octanol–water partition coefficient (Wildman–Crippen LogP) is 4.75. The van der Waals surface area contributed by atoms with Crippen LogP contribution in [0.3, 0.4) is 0 Å². The lowest BCUT2D eigenvalue weighted by Crippen LogP contribution is -2.19. The first-order valence-electron chi connectivity index (χ1n) is 9.47. The summed E-state index contributed by atoms with van der Waals surface area (Å²) in [5.74, 6) is 2.17. The molecule has 33 heavy (non-hydrogen) atoms. The van der Waals surface area contributed by atoms with Crippen LogP contribution in [0.4, 0.5) is 0 Å². The molecule has 1 amide bonds. The number of hydrogen-bond acceptors (Lipinski definition) is 10. The number of rotatable bonds is 11. The number of methoxy groups -OCH3 is 3. The Balaban J connectivity index is 1.47. The van der Waals surface area contributed by atoms with E-state index in [0.29, 0.717) is 27.8 Å². The number of amides is 1. The van der Waals surface area contributed by atoms with E-state index in [0.717, 1.165) is 20.0 Å². The number of thioether (sulfide) groups is 2. The van der Waals surface area contributed by atoms with Crippen LogP contribution < -0.4 is 19.6 Å². The number of carbonyl (C=O) groups is 1. The summed E-state index contributed by atoms with van der Waals surface area (Å²) in [6, 6.07) is 11.2. The van der Waals surface area contributed by atoms with Gasteiger partial charge in [0, 0.05) is 16.3 Å². The number of hydrogen-bond donors (Lipinski definition) is 1. The lowest BCUT2D eigenvalue weighted by molar-refractivity contribution is -0.118. The minimum atomic E-state index is -0.255. The standard InChI is InChI=1S/C21H21ClN4O4S3/c1-28-16-8-14(9-17(29-2)19(16)30-3)10-23-24-18(27)12-32-21-26-25-20(33-21)31-11-13-4-6-15(22)7-5-13/h4-10H,11-12H2,1-3H3,(H,24,27)/b23-10+. The number of benzene rings is 2. The van der Waals surface area contributed by atoms with E-state index in [4.69, 9.17) is 25.8 Å². The van der Waals surface area contributed by atoms with Crippen LogP contribution in [-0.2, 0) is 10.5 Å². The monoisotopic (exact) mass is 524 g/mol. The van der Waals surface area contributed by atoms with Gasteiger partial charge in [-0.15, -0.1) is 10.2 Å². The Kier molecular flexibility index (Phi) is 9.67. The molecule has 0 aliphatic rings. The zero-order valence-corrected chi connectivity index (χ0v) is 21.2. The number of nitrogens with one attached hydrogen (secondary N) is 1. The number of aromatic nitrogens is 2. The first kappa shape index (κ1) is 25.2. The maximum atomic E-state index is 12.1. The van der Waals surface area contributed by atoms with Crippen LogP contribution in [0.2, 0.25) is 5.02 Å². The molecule has 0 atom stereocenters. The Labute approximate surface area is 209 Å². The van der Waals surface area contributed by atoms with Crippen LogP contribution in [0.5, 0.6) is 17.2 Å². The van der Waals surface area contributed by atoms with E-state index in [-0.39, 0.29) is 11.7 Å². The quantitative estimate of drug-likeness (QED) is 0.218. The maximum absolute atomic E-state index is 12.1. The molecule has 0 spiro atoms. The Morgan fingerprint density at radius 1 is 1.06 bits per heavy atom. The molecule has 174 valence electrons. The van der Waals surface area contributed by atoms with Gasteiger partial charge in [0.2, 0.25) is 5.75 Å². The van der Waals surface area contributed by atoms with Gasteiger partial charge in [0.1, 0.15) is 0 Å². The second kappa shape index (κ2) is 12.7. The van der Waals surface area contributed by atoms with E-state index in [2.05, 4.69) is 20.7 Å². The number of halogens is 1. The van der Waals surface area contributed by atoms with Gasteiger partial charge < -0.3 is 14.2 Å². The molecular formula is C21H21ClN4O4S3. The Morgan fingerprint density at radius 3 is 2.30 bits per heavy atom. The Bertz CT molecular complexity index is 1080. The third-order valence-corrected chi connectivity index (χ3v) is 7.59. The highest BCUT2D eigenvalue weighted by atomic mass is 35.5. The summed E-state index contributed by atoms with van der Waals surface area (Å²) in [4.78, 5) is 12.1. The van der Waals surface area contributed by atoms with Gasteiger partial charge in [-0.2, -0.15) is 5.10 Å². The van der Waals surface area contributed by atoms with Crippen molar-refractivity contribution in [1.29, 1.82) is 0 Å². The van der Waals surface area contributed by atoms with Crippen molar-refractivity contribution in [3.05, 3.63) is 52.5 Å². The molecule has 12 heteroatoms. The number of ether oxygens (including phenoxy) is 3. The van der Waals surface area contributed by atoms with E-state index in [9.17, 15) is 4.79 Å². The lowest BCUT2D eigenvalue weighted by atomic mass is 10.2. The molecule has 0 saturated heterocycles. The summed E-state index contributed by atoms with van der Waals surface area (Å²) in [5.41, 5.74) is 4.34. The summed E-state index contributed by atoms with van der Waals surface area (Å²) >= 11 is 10.3. The van der Waals surface area contributed by atoms with Crippen molar-refractivity contribution in [2.24, 2.45) is 5.10 Å². The smallest absolute Gasteiger partial charge is 0.250 e. The molecule has 3 aromatic rings. The van der Waals surface area contributed by atoms with Gasteiger partial charge in [0.05, 0.1) is 33.3 Å². The molecule has 0 fully saturated rings. The van der Waals surface area contributed by atoms with Crippen LogP contribution >= 0.6 is 46.5 Å². The van der Waals surface area contributed by atoms with Crippen LogP contribution in [0.15, 0.2) is 50.2 Å². The second-order valence-corrected chi connectivity index (χ2v) is 10.1. The molecule has 8 nitrogen and oxygen atoms in total. The van der Waals surface area contributed by atoms with E-state index >= 15 is 0 Å². The first-order chi connectivity index (χ1) is 16.0. The molecule has 0 aliphatic carbocycles. The predicted molar refractivity (Wildman–Crippen MR) is 133 cm³/mol. The van der Waals surface area contributed by atoms with Crippen molar-refractivity contribution < 1.29 is 19.0 Å². The van der Waals surface area contributed by atoms with Crippen LogP contribution in [0.1, 0.15) is 11.1 Å². The highest BCUT2D eigenvalue weighted by Gasteiger charge is 2.13. The van der Waals surface area contributed by atoms with Crippen molar-refractivity contribution in [3.8, 4) is 17.2 Å². The number of nitrogens with zero attached hydrogens (tertiary/aromatic N) is 3. The van der Waals surface area contributed by atoms with Crippen molar-refractivity contribution in [2.45, 2.75) is 14.4 Å².